The van der Waals surface area contributed by atoms with E-state index in [1.807, 2.05) is 24.3 Å². The number of anilines is 1. The lowest BCUT2D eigenvalue weighted by Crippen LogP contribution is -2.28. The number of hydrogen-bond donors (Lipinski definition) is 3. The quantitative estimate of drug-likeness (QED) is 0.589. The molecule has 0 saturated carbocycles. The maximum Gasteiger partial charge on any atom is 0.340 e. The van der Waals surface area contributed by atoms with Gasteiger partial charge in [0.25, 0.3) is 5.91 Å². The van der Waals surface area contributed by atoms with Gasteiger partial charge in [-0.05, 0) is 29.8 Å². The molecule has 0 fully saturated rings. The molecule has 138 valence electrons. The average molecular weight is 358 g/mol. The van der Waals surface area contributed by atoms with Gasteiger partial charge in [-0.25, -0.2) is 4.79 Å². The highest BCUT2D eigenvalue weighted by molar-refractivity contribution is 5.96. The summed E-state index contributed by atoms with van der Waals surface area (Å²) >= 11 is 0. The number of carbonyl (C=O) groups is 2. The van der Waals surface area contributed by atoms with Crippen molar-refractivity contribution >= 4 is 17.6 Å². The van der Waals surface area contributed by atoms with Crippen LogP contribution in [0.1, 0.15) is 15.9 Å². The molecule has 0 aromatic heterocycles. The van der Waals surface area contributed by atoms with E-state index in [-0.39, 0.29) is 13.2 Å². The summed E-state index contributed by atoms with van der Waals surface area (Å²) in [7, 11) is 1.57. The van der Waals surface area contributed by atoms with Gasteiger partial charge in [0.05, 0.1) is 19.3 Å². The van der Waals surface area contributed by atoms with Crippen LogP contribution in [0, 0.1) is 0 Å². The minimum Gasteiger partial charge on any atom is -0.497 e. The summed E-state index contributed by atoms with van der Waals surface area (Å²) in [6.45, 7) is 0.181. The predicted octanol–water partition coefficient (Wildman–Crippen LogP) is 1.57. The van der Waals surface area contributed by atoms with E-state index in [0.29, 0.717) is 30.1 Å². The lowest BCUT2D eigenvalue weighted by Gasteiger charge is -2.11. The van der Waals surface area contributed by atoms with Gasteiger partial charge in [-0.2, -0.15) is 0 Å². The molecule has 0 bridgehead atoms. The van der Waals surface area contributed by atoms with Gasteiger partial charge in [0.15, 0.2) is 6.61 Å². The third-order valence-electron chi connectivity index (χ3n) is 3.53. The standard InChI is InChI=1S/C19H22N2O5/c1-25-15-6-4-5-14(11-15)12-21-18(23)13-26-19(24)16-7-2-3-8-17(16)20-9-10-22/h2-8,11,20,22H,9-10,12-13H2,1H3,(H,21,23). The van der Waals surface area contributed by atoms with Gasteiger partial charge in [0, 0.05) is 18.8 Å². The Labute approximate surface area is 151 Å². The molecule has 2 aromatic rings. The number of aliphatic hydroxyl groups is 1. The van der Waals surface area contributed by atoms with Gasteiger partial charge in [-0.15, -0.1) is 0 Å². The predicted molar refractivity (Wildman–Crippen MR) is 97.1 cm³/mol. The molecule has 0 saturated heterocycles. The number of ether oxygens (including phenoxy) is 2. The Balaban J connectivity index is 1.84. The van der Waals surface area contributed by atoms with Gasteiger partial charge in [-0.3, -0.25) is 4.79 Å². The number of para-hydroxylation sites is 1. The number of carbonyl (C=O) groups excluding carboxylic acids is 2. The van der Waals surface area contributed by atoms with Crippen molar-refractivity contribution in [1.29, 1.82) is 0 Å². The largest absolute Gasteiger partial charge is 0.497 e. The minimum atomic E-state index is -0.609. The maximum atomic E-state index is 12.2. The second-order valence-corrected chi connectivity index (χ2v) is 5.40. The third kappa shape index (κ3) is 5.78. The zero-order valence-electron chi connectivity index (χ0n) is 14.5. The van der Waals surface area contributed by atoms with Crippen LogP contribution in [0.2, 0.25) is 0 Å². The molecule has 1 amide bonds. The van der Waals surface area contributed by atoms with Crippen LogP contribution in [-0.2, 0) is 16.1 Å². The molecule has 0 unspecified atom stereocenters. The molecule has 0 aliphatic heterocycles. The summed E-state index contributed by atoms with van der Waals surface area (Å²) in [5.41, 5.74) is 1.73. The summed E-state index contributed by atoms with van der Waals surface area (Å²) < 4.78 is 10.2. The number of esters is 1. The number of rotatable bonds is 9. The molecule has 26 heavy (non-hydrogen) atoms. The highest BCUT2D eigenvalue weighted by atomic mass is 16.5. The monoisotopic (exact) mass is 358 g/mol. The fourth-order valence-electron chi connectivity index (χ4n) is 2.25. The highest BCUT2D eigenvalue weighted by Crippen LogP contribution is 2.16. The van der Waals surface area contributed by atoms with Crippen LogP contribution in [0.5, 0.6) is 5.75 Å². The fraction of sp³-hybridized carbons (Fsp3) is 0.263. The number of hydrogen-bond acceptors (Lipinski definition) is 6. The molecule has 7 heteroatoms. The molecule has 0 aliphatic rings. The van der Waals surface area contributed by atoms with Gasteiger partial charge in [0.2, 0.25) is 0 Å². The summed E-state index contributed by atoms with van der Waals surface area (Å²) in [5.74, 6) is -0.306. The zero-order valence-corrected chi connectivity index (χ0v) is 14.5. The van der Waals surface area contributed by atoms with E-state index in [4.69, 9.17) is 14.6 Å². The SMILES string of the molecule is COc1cccc(CNC(=O)COC(=O)c2ccccc2NCCO)c1. The van der Waals surface area contributed by atoms with Crippen molar-refractivity contribution in [3.05, 3.63) is 59.7 Å². The molecular weight excluding hydrogens is 336 g/mol. The number of benzene rings is 2. The Hall–Kier alpha value is -3.06. The van der Waals surface area contributed by atoms with Crippen LogP contribution >= 0.6 is 0 Å². The van der Waals surface area contributed by atoms with Crippen LogP contribution < -0.4 is 15.4 Å². The number of amides is 1. The summed E-state index contributed by atoms with van der Waals surface area (Å²) in [5, 5.41) is 14.5. The van der Waals surface area contributed by atoms with E-state index in [0.717, 1.165) is 5.56 Å². The number of aliphatic hydroxyl groups excluding tert-OH is 1. The van der Waals surface area contributed by atoms with E-state index in [1.165, 1.54) is 0 Å². The maximum absolute atomic E-state index is 12.2. The van der Waals surface area contributed by atoms with E-state index in [9.17, 15) is 9.59 Å². The second kappa shape index (κ2) is 10.0. The van der Waals surface area contributed by atoms with Crippen molar-refractivity contribution in [2.45, 2.75) is 6.54 Å². The topological polar surface area (TPSA) is 96.9 Å². The summed E-state index contributed by atoms with van der Waals surface area (Å²) in [6.07, 6.45) is 0. The van der Waals surface area contributed by atoms with Crippen LogP contribution in [0.4, 0.5) is 5.69 Å². The number of methoxy groups -OCH3 is 1. The lowest BCUT2D eigenvalue weighted by atomic mass is 10.2. The van der Waals surface area contributed by atoms with Gasteiger partial charge >= 0.3 is 5.97 Å². The second-order valence-electron chi connectivity index (χ2n) is 5.40. The van der Waals surface area contributed by atoms with Crippen molar-refractivity contribution < 1.29 is 24.2 Å². The summed E-state index contributed by atoms with van der Waals surface area (Å²) in [6, 6.07) is 14.1. The van der Waals surface area contributed by atoms with Crippen molar-refractivity contribution in [3.63, 3.8) is 0 Å². The molecule has 7 nitrogen and oxygen atoms in total. The first kappa shape index (κ1) is 19.3. The van der Waals surface area contributed by atoms with E-state index < -0.39 is 11.9 Å². The van der Waals surface area contributed by atoms with Gasteiger partial charge in [0.1, 0.15) is 5.75 Å². The third-order valence-corrected chi connectivity index (χ3v) is 3.53. The minimum absolute atomic E-state index is 0.0595. The number of nitrogens with one attached hydrogen (secondary N) is 2. The first-order valence-corrected chi connectivity index (χ1v) is 8.14. The van der Waals surface area contributed by atoms with Gasteiger partial charge < -0.3 is 25.2 Å². The van der Waals surface area contributed by atoms with E-state index in [1.54, 1.807) is 31.4 Å². The molecular formula is C19H22N2O5. The lowest BCUT2D eigenvalue weighted by molar-refractivity contribution is -0.124. The molecule has 2 rings (SSSR count). The fourth-order valence-corrected chi connectivity index (χ4v) is 2.25. The van der Waals surface area contributed by atoms with Crippen LogP contribution in [0.15, 0.2) is 48.5 Å². The Morgan fingerprint density at radius 1 is 1.12 bits per heavy atom. The molecule has 3 N–H and O–H groups in total. The van der Waals surface area contributed by atoms with Crippen molar-refractivity contribution in [1.82, 2.24) is 5.32 Å². The van der Waals surface area contributed by atoms with E-state index in [2.05, 4.69) is 10.6 Å². The first-order chi connectivity index (χ1) is 12.6. The smallest absolute Gasteiger partial charge is 0.340 e. The normalized spacial score (nSPS) is 10.1. The van der Waals surface area contributed by atoms with Crippen molar-refractivity contribution in [2.75, 3.05) is 32.2 Å². The van der Waals surface area contributed by atoms with Crippen LogP contribution in [0.25, 0.3) is 0 Å². The van der Waals surface area contributed by atoms with Crippen molar-refractivity contribution in [3.8, 4) is 5.75 Å². The molecule has 0 atom stereocenters. The Morgan fingerprint density at radius 2 is 1.92 bits per heavy atom. The molecule has 0 spiro atoms. The molecule has 0 radical (unpaired) electrons. The Kier molecular flexibility index (Phi) is 7.45. The van der Waals surface area contributed by atoms with Crippen molar-refractivity contribution in [2.24, 2.45) is 0 Å². The van der Waals surface area contributed by atoms with Gasteiger partial charge in [-0.1, -0.05) is 24.3 Å². The first-order valence-electron chi connectivity index (χ1n) is 8.14. The molecule has 0 aliphatic carbocycles. The Bertz CT molecular complexity index is 748. The average Bonchev–Trinajstić information content (AvgIpc) is 2.69. The molecule has 0 heterocycles. The highest BCUT2D eigenvalue weighted by Gasteiger charge is 2.14. The summed E-state index contributed by atoms with van der Waals surface area (Å²) in [4.78, 5) is 24.1. The Morgan fingerprint density at radius 3 is 2.69 bits per heavy atom. The molecule has 2 aromatic carbocycles. The van der Waals surface area contributed by atoms with Crippen LogP contribution in [0.3, 0.4) is 0 Å². The van der Waals surface area contributed by atoms with Crippen LogP contribution in [-0.4, -0.2) is 43.9 Å². The van der Waals surface area contributed by atoms with E-state index >= 15 is 0 Å². The zero-order chi connectivity index (χ0) is 18.8.